The summed E-state index contributed by atoms with van der Waals surface area (Å²) in [7, 11) is 0. The minimum atomic E-state index is -0.155. The second kappa shape index (κ2) is 3.14. The lowest BCUT2D eigenvalue weighted by molar-refractivity contribution is 0.517. The molecule has 1 aromatic heterocycles. The Morgan fingerprint density at radius 3 is 2.79 bits per heavy atom. The van der Waals surface area contributed by atoms with Gasteiger partial charge in [0.1, 0.15) is 5.58 Å². The molecule has 0 amide bonds. The van der Waals surface area contributed by atoms with Crippen LogP contribution in [0.4, 0.5) is 0 Å². The molecular weight excluding hydrogens is 174 g/mol. The van der Waals surface area contributed by atoms with Crippen molar-refractivity contribution in [2.24, 2.45) is 5.73 Å². The molecule has 0 aliphatic heterocycles. The van der Waals surface area contributed by atoms with E-state index >= 15 is 0 Å². The molecule has 2 nitrogen and oxygen atoms in total. The van der Waals surface area contributed by atoms with E-state index in [1.807, 2.05) is 26.0 Å². The molecule has 2 N–H and O–H groups in total. The maximum atomic E-state index is 5.96. The first-order chi connectivity index (χ1) is 6.54. The van der Waals surface area contributed by atoms with Crippen LogP contribution in [0.15, 0.2) is 34.9 Å². The first-order valence-electron chi connectivity index (χ1n) is 4.80. The molecule has 0 atom stereocenters. The van der Waals surface area contributed by atoms with Gasteiger partial charge in [-0.15, -0.1) is 0 Å². The van der Waals surface area contributed by atoms with Gasteiger partial charge in [0.15, 0.2) is 0 Å². The van der Waals surface area contributed by atoms with E-state index in [0.29, 0.717) is 0 Å². The van der Waals surface area contributed by atoms with Gasteiger partial charge in [0.2, 0.25) is 0 Å². The molecule has 1 aromatic carbocycles. The standard InChI is InChI=1S/C12H15NO/c1-12(2,13)8-9-3-4-11-10(7-9)5-6-14-11/h3-7H,8,13H2,1-2H3. The summed E-state index contributed by atoms with van der Waals surface area (Å²) in [6, 6.07) is 8.17. The second-order valence-corrected chi connectivity index (χ2v) is 4.46. The number of nitrogens with two attached hydrogens (primary N) is 1. The molecule has 1 heterocycles. The van der Waals surface area contributed by atoms with Crippen molar-refractivity contribution in [1.29, 1.82) is 0 Å². The zero-order valence-electron chi connectivity index (χ0n) is 8.58. The predicted octanol–water partition coefficient (Wildman–Crippen LogP) is 2.71. The van der Waals surface area contributed by atoms with Crippen LogP contribution in [0.25, 0.3) is 11.0 Å². The van der Waals surface area contributed by atoms with E-state index in [4.69, 9.17) is 10.2 Å². The van der Waals surface area contributed by atoms with Crippen LogP contribution in [0.1, 0.15) is 19.4 Å². The number of benzene rings is 1. The van der Waals surface area contributed by atoms with Gasteiger partial charge >= 0.3 is 0 Å². The molecule has 0 saturated heterocycles. The highest BCUT2D eigenvalue weighted by atomic mass is 16.3. The minimum Gasteiger partial charge on any atom is -0.464 e. The van der Waals surface area contributed by atoms with Crippen molar-refractivity contribution >= 4 is 11.0 Å². The Morgan fingerprint density at radius 2 is 2.07 bits per heavy atom. The maximum absolute atomic E-state index is 5.96. The lowest BCUT2D eigenvalue weighted by atomic mass is 9.96. The topological polar surface area (TPSA) is 39.2 Å². The Bertz CT molecular complexity index is 437. The highest BCUT2D eigenvalue weighted by Crippen LogP contribution is 2.19. The van der Waals surface area contributed by atoms with Crippen LogP contribution in [-0.2, 0) is 6.42 Å². The van der Waals surface area contributed by atoms with Gasteiger partial charge in [0.25, 0.3) is 0 Å². The van der Waals surface area contributed by atoms with E-state index in [-0.39, 0.29) is 5.54 Å². The molecular formula is C12H15NO. The van der Waals surface area contributed by atoms with Crippen LogP contribution >= 0.6 is 0 Å². The van der Waals surface area contributed by atoms with Crippen molar-refractivity contribution < 1.29 is 4.42 Å². The van der Waals surface area contributed by atoms with Crippen molar-refractivity contribution in [3.8, 4) is 0 Å². The molecule has 0 fully saturated rings. The van der Waals surface area contributed by atoms with Crippen LogP contribution in [-0.4, -0.2) is 5.54 Å². The van der Waals surface area contributed by atoms with Crippen molar-refractivity contribution in [1.82, 2.24) is 0 Å². The average Bonchev–Trinajstić information content (AvgIpc) is 2.47. The lowest BCUT2D eigenvalue weighted by Crippen LogP contribution is -2.34. The van der Waals surface area contributed by atoms with Gasteiger partial charge in [-0.2, -0.15) is 0 Å². The van der Waals surface area contributed by atoms with Gasteiger partial charge in [-0.05, 0) is 44.0 Å². The number of fused-ring (bicyclic) bond motifs is 1. The lowest BCUT2D eigenvalue weighted by Gasteiger charge is -2.18. The van der Waals surface area contributed by atoms with Crippen LogP contribution in [0.5, 0.6) is 0 Å². The molecule has 0 bridgehead atoms. The van der Waals surface area contributed by atoms with Gasteiger partial charge in [0, 0.05) is 10.9 Å². The van der Waals surface area contributed by atoms with E-state index in [9.17, 15) is 0 Å². The minimum absolute atomic E-state index is 0.155. The summed E-state index contributed by atoms with van der Waals surface area (Å²) in [4.78, 5) is 0. The largest absolute Gasteiger partial charge is 0.464 e. The monoisotopic (exact) mass is 189 g/mol. The van der Waals surface area contributed by atoms with Crippen LogP contribution in [0.3, 0.4) is 0 Å². The van der Waals surface area contributed by atoms with Crippen molar-refractivity contribution in [3.63, 3.8) is 0 Å². The van der Waals surface area contributed by atoms with Gasteiger partial charge in [-0.1, -0.05) is 6.07 Å². The van der Waals surface area contributed by atoms with Gasteiger partial charge in [0.05, 0.1) is 6.26 Å². The molecule has 2 rings (SSSR count). The molecule has 0 aliphatic rings. The molecule has 0 spiro atoms. The number of hydrogen-bond donors (Lipinski definition) is 1. The van der Waals surface area contributed by atoms with E-state index in [0.717, 1.165) is 17.4 Å². The first kappa shape index (κ1) is 9.28. The molecule has 0 saturated carbocycles. The Hall–Kier alpha value is -1.28. The normalized spacial score (nSPS) is 12.2. The van der Waals surface area contributed by atoms with E-state index in [1.54, 1.807) is 6.26 Å². The van der Waals surface area contributed by atoms with Crippen molar-refractivity contribution in [2.75, 3.05) is 0 Å². The molecule has 0 aliphatic carbocycles. The zero-order valence-corrected chi connectivity index (χ0v) is 8.58. The van der Waals surface area contributed by atoms with Crippen molar-refractivity contribution in [3.05, 3.63) is 36.1 Å². The van der Waals surface area contributed by atoms with Crippen LogP contribution in [0.2, 0.25) is 0 Å². The van der Waals surface area contributed by atoms with Gasteiger partial charge in [-0.25, -0.2) is 0 Å². The van der Waals surface area contributed by atoms with Crippen LogP contribution < -0.4 is 5.73 Å². The Morgan fingerprint density at radius 1 is 1.29 bits per heavy atom. The van der Waals surface area contributed by atoms with E-state index in [2.05, 4.69) is 12.1 Å². The summed E-state index contributed by atoms with van der Waals surface area (Å²) in [6.07, 6.45) is 2.59. The SMILES string of the molecule is CC(C)(N)Cc1ccc2occc2c1. The molecule has 2 heteroatoms. The zero-order chi connectivity index (χ0) is 10.2. The summed E-state index contributed by atoms with van der Waals surface area (Å²) in [6.45, 7) is 4.07. The predicted molar refractivity (Wildman–Crippen MR) is 58.2 cm³/mol. The molecule has 2 aromatic rings. The molecule has 14 heavy (non-hydrogen) atoms. The van der Waals surface area contributed by atoms with Crippen LogP contribution in [0, 0.1) is 0 Å². The fourth-order valence-corrected chi connectivity index (χ4v) is 1.65. The number of rotatable bonds is 2. The quantitative estimate of drug-likeness (QED) is 0.788. The average molecular weight is 189 g/mol. The third kappa shape index (κ3) is 1.96. The van der Waals surface area contributed by atoms with Gasteiger partial charge < -0.3 is 10.2 Å². The summed E-state index contributed by atoms with van der Waals surface area (Å²) in [5.74, 6) is 0. The summed E-state index contributed by atoms with van der Waals surface area (Å²) in [5, 5.41) is 1.15. The fourth-order valence-electron chi connectivity index (χ4n) is 1.65. The fraction of sp³-hybridized carbons (Fsp3) is 0.333. The highest BCUT2D eigenvalue weighted by Gasteiger charge is 2.11. The Balaban J connectivity index is 2.35. The maximum Gasteiger partial charge on any atom is 0.133 e. The number of hydrogen-bond acceptors (Lipinski definition) is 2. The molecule has 0 radical (unpaired) electrons. The Kier molecular flexibility index (Phi) is 2.08. The third-order valence-corrected chi connectivity index (χ3v) is 2.18. The second-order valence-electron chi connectivity index (χ2n) is 4.46. The summed E-state index contributed by atoms with van der Waals surface area (Å²) >= 11 is 0. The summed E-state index contributed by atoms with van der Waals surface area (Å²) < 4.78 is 5.27. The highest BCUT2D eigenvalue weighted by molar-refractivity contribution is 5.77. The number of furan rings is 1. The van der Waals surface area contributed by atoms with Crippen molar-refractivity contribution in [2.45, 2.75) is 25.8 Å². The molecule has 0 unspecified atom stereocenters. The van der Waals surface area contributed by atoms with Gasteiger partial charge in [-0.3, -0.25) is 0 Å². The third-order valence-electron chi connectivity index (χ3n) is 2.18. The molecule has 74 valence electrons. The first-order valence-corrected chi connectivity index (χ1v) is 4.80. The Labute approximate surface area is 83.7 Å². The summed E-state index contributed by atoms with van der Waals surface area (Å²) in [5.41, 5.74) is 8.00. The van der Waals surface area contributed by atoms with E-state index in [1.165, 1.54) is 5.56 Å². The van der Waals surface area contributed by atoms with E-state index < -0.39 is 0 Å². The smallest absolute Gasteiger partial charge is 0.133 e.